The summed E-state index contributed by atoms with van der Waals surface area (Å²) < 4.78 is 12.9. The number of halogens is 1. The number of rotatable bonds is 5. The standard InChI is InChI=1S/C17H20FNS/c1-12(2)19-11-14-10-13(3)4-9-17(14)20-16-7-5-15(18)6-8-16/h4-10,12,19H,11H2,1-3H3. The molecule has 0 aliphatic carbocycles. The van der Waals surface area contributed by atoms with Crippen LogP contribution in [0.1, 0.15) is 25.0 Å². The van der Waals surface area contributed by atoms with Crippen molar-refractivity contribution in [1.29, 1.82) is 0 Å². The number of hydrogen-bond acceptors (Lipinski definition) is 2. The number of nitrogens with one attached hydrogen (secondary N) is 1. The maximum atomic E-state index is 12.9. The van der Waals surface area contributed by atoms with E-state index in [1.54, 1.807) is 11.8 Å². The molecular weight excluding hydrogens is 269 g/mol. The highest BCUT2D eigenvalue weighted by atomic mass is 32.2. The van der Waals surface area contributed by atoms with Gasteiger partial charge in [0.2, 0.25) is 0 Å². The van der Waals surface area contributed by atoms with Crippen LogP contribution in [0.5, 0.6) is 0 Å². The van der Waals surface area contributed by atoms with Gasteiger partial charge in [0.15, 0.2) is 0 Å². The Bertz CT molecular complexity index is 564. The van der Waals surface area contributed by atoms with Crippen LogP contribution in [0.15, 0.2) is 52.3 Å². The molecule has 0 bridgehead atoms. The third kappa shape index (κ3) is 4.36. The summed E-state index contributed by atoms with van der Waals surface area (Å²) in [4.78, 5) is 2.27. The predicted octanol–water partition coefficient (Wildman–Crippen LogP) is 4.78. The van der Waals surface area contributed by atoms with E-state index in [0.717, 1.165) is 11.4 Å². The summed E-state index contributed by atoms with van der Waals surface area (Å²) >= 11 is 1.68. The first-order valence-electron chi connectivity index (χ1n) is 6.81. The Morgan fingerprint density at radius 3 is 2.45 bits per heavy atom. The molecule has 106 valence electrons. The molecule has 0 saturated heterocycles. The van der Waals surface area contributed by atoms with E-state index in [0.29, 0.717) is 6.04 Å². The molecule has 1 N–H and O–H groups in total. The highest BCUT2D eigenvalue weighted by Crippen LogP contribution is 2.31. The maximum Gasteiger partial charge on any atom is 0.123 e. The fraction of sp³-hybridized carbons (Fsp3) is 0.294. The van der Waals surface area contributed by atoms with Crippen LogP contribution in [0.4, 0.5) is 4.39 Å². The minimum Gasteiger partial charge on any atom is -0.310 e. The van der Waals surface area contributed by atoms with E-state index in [-0.39, 0.29) is 5.82 Å². The zero-order valence-electron chi connectivity index (χ0n) is 12.1. The lowest BCUT2D eigenvalue weighted by molar-refractivity contribution is 0.584. The predicted molar refractivity (Wildman–Crippen MR) is 83.7 cm³/mol. The Hall–Kier alpha value is -1.32. The van der Waals surface area contributed by atoms with Gasteiger partial charge in [-0.15, -0.1) is 0 Å². The van der Waals surface area contributed by atoms with Gasteiger partial charge in [-0.25, -0.2) is 4.39 Å². The second-order valence-corrected chi connectivity index (χ2v) is 6.32. The van der Waals surface area contributed by atoms with Crippen LogP contribution >= 0.6 is 11.8 Å². The van der Waals surface area contributed by atoms with E-state index in [1.807, 2.05) is 12.1 Å². The number of hydrogen-bond donors (Lipinski definition) is 1. The summed E-state index contributed by atoms with van der Waals surface area (Å²) in [6.07, 6.45) is 0. The van der Waals surface area contributed by atoms with Crippen molar-refractivity contribution >= 4 is 11.8 Å². The molecule has 1 nitrogen and oxygen atoms in total. The van der Waals surface area contributed by atoms with Crippen LogP contribution in [-0.2, 0) is 6.54 Å². The molecule has 0 saturated carbocycles. The topological polar surface area (TPSA) is 12.0 Å². The molecule has 2 rings (SSSR count). The van der Waals surface area contributed by atoms with Gasteiger partial charge < -0.3 is 5.32 Å². The van der Waals surface area contributed by atoms with Crippen molar-refractivity contribution in [2.45, 2.75) is 43.1 Å². The van der Waals surface area contributed by atoms with Crippen LogP contribution in [0.2, 0.25) is 0 Å². The second kappa shape index (κ2) is 6.91. The highest BCUT2D eigenvalue weighted by molar-refractivity contribution is 7.99. The van der Waals surface area contributed by atoms with Crippen LogP contribution in [-0.4, -0.2) is 6.04 Å². The van der Waals surface area contributed by atoms with E-state index >= 15 is 0 Å². The van der Waals surface area contributed by atoms with Gasteiger partial charge in [0, 0.05) is 22.4 Å². The highest BCUT2D eigenvalue weighted by Gasteiger charge is 2.06. The quantitative estimate of drug-likeness (QED) is 0.850. The zero-order valence-corrected chi connectivity index (χ0v) is 12.9. The summed E-state index contributed by atoms with van der Waals surface area (Å²) in [7, 11) is 0. The Morgan fingerprint density at radius 1 is 1.10 bits per heavy atom. The summed E-state index contributed by atoms with van der Waals surface area (Å²) in [5, 5.41) is 3.45. The van der Waals surface area contributed by atoms with Crippen molar-refractivity contribution in [3.63, 3.8) is 0 Å². The lowest BCUT2D eigenvalue weighted by Crippen LogP contribution is -2.22. The molecule has 0 unspecified atom stereocenters. The van der Waals surface area contributed by atoms with Crippen molar-refractivity contribution in [3.05, 3.63) is 59.4 Å². The smallest absolute Gasteiger partial charge is 0.123 e. The zero-order chi connectivity index (χ0) is 14.5. The lowest BCUT2D eigenvalue weighted by Gasteiger charge is -2.13. The van der Waals surface area contributed by atoms with Gasteiger partial charge in [-0.3, -0.25) is 0 Å². The van der Waals surface area contributed by atoms with E-state index < -0.39 is 0 Å². The van der Waals surface area contributed by atoms with Gasteiger partial charge in [0.25, 0.3) is 0 Å². The van der Waals surface area contributed by atoms with Crippen molar-refractivity contribution in [2.24, 2.45) is 0 Å². The number of aryl methyl sites for hydroxylation is 1. The molecule has 0 heterocycles. The summed E-state index contributed by atoms with van der Waals surface area (Å²) in [6, 6.07) is 13.6. The molecule has 20 heavy (non-hydrogen) atoms. The summed E-state index contributed by atoms with van der Waals surface area (Å²) in [5.74, 6) is -0.194. The number of benzene rings is 2. The lowest BCUT2D eigenvalue weighted by atomic mass is 10.1. The van der Waals surface area contributed by atoms with E-state index in [1.165, 1.54) is 28.2 Å². The van der Waals surface area contributed by atoms with Crippen molar-refractivity contribution in [2.75, 3.05) is 0 Å². The molecule has 0 fully saturated rings. The fourth-order valence-electron chi connectivity index (χ4n) is 1.89. The normalized spacial score (nSPS) is 11.1. The van der Waals surface area contributed by atoms with Gasteiger partial charge in [-0.05, 0) is 42.8 Å². The van der Waals surface area contributed by atoms with E-state index in [9.17, 15) is 4.39 Å². The largest absolute Gasteiger partial charge is 0.310 e. The first-order valence-corrected chi connectivity index (χ1v) is 7.62. The monoisotopic (exact) mass is 289 g/mol. The Balaban J connectivity index is 2.19. The van der Waals surface area contributed by atoms with Crippen LogP contribution < -0.4 is 5.32 Å². The SMILES string of the molecule is Cc1ccc(Sc2ccc(F)cc2)c(CNC(C)C)c1. The van der Waals surface area contributed by atoms with Gasteiger partial charge in [0.1, 0.15) is 5.82 Å². The van der Waals surface area contributed by atoms with Crippen LogP contribution in [0, 0.1) is 12.7 Å². The van der Waals surface area contributed by atoms with Gasteiger partial charge in [-0.1, -0.05) is 43.3 Å². The van der Waals surface area contributed by atoms with Crippen LogP contribution in [0.25, 0.3) is 0 Å². The molecule has 2 aromatic carbocycles. The van der Waals surface area contributed by atoms with E-state index in [2.05, 4.69) is 44.3 Å². The Labute approximate surface area is 124 Å². The second-order valence-electron chi connectivity index (χ2n) is 5.20. The third-order valence-corrected chi connectivity index (χ3v) is 4.08. The minimum absolute atomic E-state index is 0.194. The molecule has 0 aliphatic heterocycles. The third-order valence-electron chi connectivity index (χ3n) is 2.96. The molecule has 0 atom stereocenters. The van der Waals surface area contributed by atoms with Gasteiger partial charge in [0.05, 0.1) is 0 Å². The Morgan fingerprint density at radius 2 is 1.80 bits per heavy atom. The van der Waals surface area contributed by atoms with Crippen molar-refractivity contribution in [3.8, 4) is 0 Å². The summed E-state index contributed by atoms with van der Waals surface area (Å²) in [5.41, 5.74) is 2.54. The molecule has 0 aliphatic rings. The molecule has 0 amide bonds. The molecule has 2 aromatic rings. The summed E-state index contributed by atoms with van der Waals surface area (Å²) in [6.45, 7) is 7.24. The first-order chi connectivity index (χ1) is 9.54. The fourth-order valence-corrected chi connectivity index (χ4v) is 2.81. The average Bonchev–Trinajstić information content (AvgIpc) is 2.41. The average molecular weight is 289 g/mol. The van der Waals surface area contributed by atoms with Gasteiger partial charge in [-0.2, -0.15) is 0 Å². The van der Waals surface area contributed by atoms with Crippen LogP contribution in [0.3, 0.4) is 0 Å². The van der Waals surface area contributed by atoms with E-state index in [4.69, 9.17) is 0 Å². The molecule has 3 heteroatoms. The maximum absolute atomic E-state index is 12.9. The van der Waals surface area contributed by atoms with Crippen molar-refractivity contribution in [1.82, 2.24) is 5.32 Å². The van der Waals surface area contributed by atoms with Crippen molar-refractivity contribution < 1.29 is 4.39 Å². The molecule has 0 spiro atoms. The first kappa shape index (κ1) is 15.1. The molecular formula is C17H20FNS. The molecule has 0 radical (unpaired) electrons. The van der Waals surface area contributed by atoms with Gasteiger partial charge >= 0.3 is 0 Å². The molecule has 0 aromatic heterocycles. The Kier molecular flexibility index (Phi) is 5.21. The minimum atomic E-state index is -0.194.